The molecule has 1 heterocycles. The molecule has 0 spiro atoms. The third-order valence-electron chi connectivity index (χ3n) is 10.3. The maximum Gasteiger partial charge on any atom is 0.137 e. The Labute approximate surface area is 302 Å². The zero-order valence-electron chi connectivity index (χ0n) is 28.4. The van der Waals surface area contributed by atoms with Crippen LogP contribution < -0.4 is 4.90 Å². The summed E-state index contributed by atoms with van der Waals surface area (Å²) < 4.78 is 6.35. The van der Waals surface area contributed by atoms with Crippen LogP contribution in [0.25, 0.3) is 76.9 Å². The highest BCUT2D eigenvalue weighted by atomic mass is 16.3. The lowest BCUT2D eigenvalue weighted by molar-refractivity contribution is 0.669. The van der Waals surface area contributed by atoms with E-state index in [0.29, 0.717) is 0 Å². The van der Waals surface area contributed by atoms with Gasteiger partial charge in [-0.2, -0.15) is 0 Å². The predicted molar refractivity (Wildman–Crippen MR) is 220 cm³/mol. The van der Waals surface area contributed by atoms with Crippen LogP contribution in [-0.2, 0) is 0 Å². The van der Waals surface area contributed by atoms with Gasteiger partial charge in [-0.05, 0) is 110 Å². The number of hydrogen-bond donors (Lipinski definition) is 0. The van der Waals surface area contributed by atoms with Crippen molar-refractivity contribution in [1.82, 2.24) is 0 Å². The molecule has 0 fully saturated rings. The van der Waals surface area contributed by atoms with E-state index in [4.69, 9.17) is 4.42 Å². The van der Waals surface area contributed by atoms with E-state index in [2.05, 4.69) is 193 Å². The quantitative estimate of drug-likeness (QED) is 0.176. The van der Waals surface area contributed by atoms with Gasteiger partial charge in [-0.3, -0.25) is 0 Å². The topological polar surface area (TPSA) is 16.4 Å². The summed E-state index contributed by atoms with van der Waals surface area (Å²) in [5.74, 6) is 0. The zero-order valence-corrected chi connectivity index (χ0v) is 28.4. The van der Waals surface area contributed by atoms with E-state index in [9.17, 15) is 0 Å². The van der Waals surface area contributed by atoms with Gasteiger partial charge in [0.1, 0.15) is 11.2 Å². The maximum atomic E-state index is 6.35. The molecule has 0 aliphatic heterocycles. The van der Waals surface area contributed by atoms with Gasteiger partial charge in [-0.25, -0.2) is 0 Å². The summed E-state index contributed by atoms with van der Waals surface area (Å²) in [6, 6.07) is 71.7. The van der Waals surface area contributed by atoms with Gasteiger partial charge in [0.25, 0.3) is 0 Å². The second-order valence-corrected chi connectivity index (χ2v) is 13.3. The van der Waals surface area contributed by atoms with Gasteiger partial charge in [0.2, 0.25) is 0 Å². The first kappa shape index (κ1) is 30.0. The molecule has 244 valence electrons. The minimum absolute atomic E-state index is 0.873. The van der Waals surface area contributed by atoms with Gasteiger partial charge < -0.3 is 9.32 Å². The average molecular weight is 664 g/mol. The molecule has 0 bridgehead atoms. The van der Waals surface area contributed by atoms with Crippen molar-refractivity contribution in [2.75, 3.05) is 4.90 Å². The Morgan fingerprint density at radius 2 is 0.885 bits per heavy atom. The molecule has 2 nitrogen and oxygen atoms in total. The molecule has 0 aliphatic rings. The van der Waals surface area contributed by atoms with Crippen molar-refractivity contribution in [2.24, 2.45) is 0 Å². The molecule has 2 heteroatoms. The maximum absolute atomic E-state index is 6.35. The van der Waals surface area contributed by atoms with Crippen LogP contribution >= 0.6 is 0 Å². The van der Waals surface area contributed by atoms with Crippen molar-refractivity contribution >= 4 is 60.5 Å². The normalized spacial score (nSPS) is 11.5. The van der Waals surface area contributed by atoms with E-state index >= 15 is 0 Å². The largest absolute Gasteiger partial charge is 0.456 e. The molecule has 1 aromatic heterocycles. The summed E-state index contributed by atoms with van der Waals surface area (Å²) in [5.41, 5.74) is 12.2. The van der Waals surface area contributed by atoms with Crippen molar-refractivity contribution < 1.29 is 4.42 Å². The Kier molecular flexibility index (Phi) is 7.18. The van der Waals surface area contributed by atoms with Crippen LogP contribution in [0, 0.1) is 0 Å². The van der Waals surface area contributed by atoms with Gasteiger partial charge >= 0.3 is 0 Å². The summed E-state index contributed by atoms with van der Waals surface area (Å²) in [5, 5.41) is 7.21. The van der Waals surface area contributed by atoms with Crippen molar-refractivity contribution in [3.63, 3.8) is 0 Å². The molecule has 0 atom stereocenters. The van der Waals surface area contributed by atoms with Crippen molar-refractivity contribution in [1.29, 1.82) is 0 Å². The Morgan fingerprint density at radius 1 is 0.327 bits per heavy atom. The number of anilines is 3. The SMILES string of the molecule is c1cc(-c2ccc(N(c3ccc(-c4cccc5ccccc45)cc3)c3cccc4oc5ccccc5c34)cc2)cc(-c2ccc3ccccc3c2)c1. The van der Waals surface area contributed by atoms with Gasteiger partial charge in [0.05, 0.1) is 11.1 Å². The monoisotopic (exact) mass is 663 g/mol. The Morgan fingerprint density at radius 3 is 1.69 bits per heavy atom. The van der Waals surface area contributed by atoms with Crippen LogP contribution in [0.4, 0.5) is 17.1 Å². The molecule has 10 rings (SSSR count). The number of nitrogens with zero attached hydrogens (tertiary/aromatic N) is 1. The molecular formula is C50H33NO. The fraction of sp³-hybridized carbons (Fsp3) is 0. The number of benzene rings is 9. The number of furan rings is 1. The summed E-state index contributed by atoms with van der Waals surface area (Å²) in [6.45, 7) is 0. The standard InChI is InChI=1S/C50H33NO/c1-2-12-38-33-41(23-22-34(38)10-1)40-15-7-14-39(32-40)35-24-28-42(29-25-35)51(47-19-9-21-49-50(47)46-17-5-6-20-48(46)52-49)43-30-26-37(27-31-43)45-18-8-13-36-11-3-4-16-44(36)45/h1-33H. The summed E-state index contributed by atoms with van der Waals surface area (Å²) in [6.07, 6.45) is 0. The number of para-hydroxylation sites is 1. The fourth-order valence-corrected chi connectivity index (χ4v) is 7.69. The average Bonchev–Trinajstić information content (AvgIpc) is 3.61. The predicted octanol–water partition coefficient (Wildman–Crippen LogP) is 14.4. The first-order valence-electron chi connectivity index (χ1n) is 17.8. The molecule has 0 amide bonds. The molecule has 10 aromatic rings. The second kappa shape index (κ2) is 12.5. The van der Waals surface area contributed by atoms with Crippen LogP contribution in [0.5, 0.6) is 0 Å². The van der Waals surface area contributed by atoms with Gasteiger partial charge in [-0.1, -0.05) is 146 Å². The highest BCUT2D eigenvalue weighted by Gasteiger charge is 2.20. The van der Waals surface area contributed by atoms with Gasteiger partial charge in [-0.15, -0.1) is 0 Å². The summed E-state index contributed by atoms with van der Waals surface area (Å²) >= 11 is 0. The van der Waals surface area contributed by atoms with Crippen LogP contribution in [0.3, 0.4) is 0 Å². The molecule has 0 saturated carbocycles. The van der Waals surface area contributed by atoms with Gasteiger partial charge in [0.15, 0.2) is 0 Å². The first-order valence-corrected chi connectivity index (χ1v) is 17.8. The molecule has 0 unspecified atom stereocenters. The molecule has 0 aliphatic carbocycles. The second-order valence-electron chi connectivity index (χ2n) is 13.3. The molecular weight excluding hydrogens is 631 g/mol. The van der Waals surface area contributed by atoms with Crippen LogP contribution in [-0.4, -0.2) is 0 Å². The van der Waals surface area contributed by atoms with E-state index < -0.39 is 0 Å². The molecule has 9 aromatic carbocycles. The van der Waals surface area contributed by atoms with E-state index in [1.807, 2.05) is 12.1 Å². The Hall–Kier alpha value is -6.90. The van der Waals surface area contributed by atoms with E-state index in [1.54, 1.807) is 0 Å². The smallest absolute Gasteiger partial charge is 0.137 e. The fourth-order valence-electron chi connectivity index (χ4n) is 7.69. The minimum atomic E-state index is 0.873. The molecule has 0 N–H and O–H groups in total. The Bertz CT molecular complexity index is 2890. The third kappa shape index (κ3) is 5.21. The summed E-state index contributed by atoms with van der Waals surface area (Å²) in [7, 11) is 0. The minimum Gasteiger partial charge on any atom is -0.456 e. The number of rotatable bonds is 6. The number of fused-ring (bicyclic) bond motifs is 5. The highest BCUT2D eigenvalue weighted by Crippen LogP contribution is 2.44. The van der Waals surface area contributed by atoms with E-state index in [-0.39, 0.29) is 0 Å². The van der Waals surface area contributed by atoms with Gasteiger partial charge in [0, 0.05) is 16.8 Å². The van der Waals surface area contributed by atoms with E-state index in [1.165, 1.54) is 54.9 Å². The third-order valence-corrected chi connectivity index (χ3v) is 10.3. The lowest BCUT2D eigenvalue weighted by Crippen LogP contribution is -2.10. The number of hydrogen-bond acceptors (Lipinski definition) is 2. The molecule has 0 radical (unpaired) electrons. The Balaban J connectivity index is 1.07. The molecule has 0 saturated heterocycles. The van der Waals surface area contributed by atoms with Crippen molar-refractivity contribution in [3.05, 3.63) is 200 Å². The van der Waals surface area contributed by atoms with Crippen molar-refractivity contribution in [2.45, 2.75) is 0 Å². The highest BCUT2D eigenvalue weighted by molar-refractivity contribution is 6.13. The first-order chi connectivity index (χ1) is 25.8. The van der Waals surface area contributed by atoms with Crippen LogP contribution in [0.15, 0.2) is 205 Å². The van der Waals surface area contributed by atoms with Crippen LogP contribution in [0.1, 0.15) is 0 Å². The lowest BCUT2D eigenvalue weighted by atomic mass is 9.97. The van der Waals surface area contributed by atoms with Crippen molar-refractivity contribution in [3.8, 4) is 33.4 Å². The molecule has 52 heavy (non-hydrogen) atoms. The van der Waals surface area contributed by atoms with E-state index in [0.717, 1.165) is 39.0 Å². The van der Waals surface area contributed by atoms with Crippen LogP contribution in [0.2, 0.25) is 0 Å². The lowest BCUT2D eigenvalue weighted by Gasteiger charge is -2.26. The zero-order chi connectivity index (χ0) is 34.4. The summed E-state index contributed by atoms with van der Waals surface area (Å²) in [4.78, 5) is 2.35.